The molecule has 0 bridgehead atoms. The van der Waals surface area contributed by atoms with Crippen LogP contribution in [-0.4, -0.2) is 87.5 Å². The van der Waals surface area contributed by atoms with Gasteiger partial charge in [-0.15, -0.1) is 0 Å². The molecule has 1 rings (SSSR count). The summed E-state index contributed by atoms with van der Waals surface area (Å²) in [6, 6.07) is -0.721. The first-order valence-electron chi connectivity index (χ1n) is 18.7. The summed E-state index contributed by atoms with van der Waals surface area (Å²) in [5, 5.41) is 53.6. The highest BCUT2D eigenvalue weighted by molar-refractivity contribution is 5.76. The third-order valence-electron chi connectivity index (χ3n) is 8.75. The Morgan fingerprint density at radius 2 is 1.26 bits per heavy atom. The molecule has 9 nitrogen and oxygen atoms in total. The summed E-state index contributed by atoms with van der Waals surface area (Å²) in [5.74, 6) is -0.167. The van der Waals surface area contributed by atoms with Gasteiger partial charge in [-0.25, -0.2) is 0 Å². The van der Waals surface area contributed by atoms with Crippen LogP contribution in [0.15, 0.2) is 36.5 Å². The van der Waals surface area contributed by atoms with Crippen molar-refractivity contribution in [1.29, 1.82) is 0 Å². The van der Waals surface area contributed by atoms with Gasteiger partial charge in [-0.05, 0) is 51.4 Å². The zero-order chi connectivity index (χ0) is 34.5. The number of hydrogen-bond acceptors (Lipinski definition) is 8. The molecule has 9 heteroatoms. The lowest BCUT2D eigenvalue weighted by atomic mass is 9.99. The van der Waals surface area contributed by atoms with Gasteiger partial charge in [0.2, 0.25) is 5.91 Å². The second-order valence-electron chi connectivity index (χ2n) is 13.0. The number of amides is 1. The summed E-state index contributed by atoms with van der Waals surface area (Å²) < 4.78 is 11.1. The molecule has 7 atom stereocenters. The second-order valence-corrected chi connectivity index (χ2v) is 13.0. The topological polar surface area (TPSA) is 149 Å². The van der Waals surface area contributed by atoms with Gasteiger partial charge in [0.25, 0.3) is 0 Å². The van der Waals surface area contributed by atoms with Crippen molar-refractivity contribution in [3.05, 3.63) is 36.5 Å². The molecule has 0 aliphatic carbocycles. The maximum Gasteiger partial charge on any atom is 0.220 e. The highest BCUT2D eigenvalue weighted by Gasteiger charge is 2.44. The molecule has 0 radical (unpaired) electrons. The standard InChI is InChI=1S/C38H69NO8/c1-3-5-7-9-10-11-12-13-14-15-16-17-18-19-20-21-22-24-26-28-34(42)39-31(32(41)27-25-23-8-6-4-2)30-46-38-37(45)36(44)35(43)33(29-40)47-38/h10-11,13-14,16-17,31-33,35-38,40-41,43-45H,3-9,12,15,18-30H2,1-2H3,(H,39,42)/b11-10-,14-13-,17-16-. The Morgan fingerprint density at radius 1 is 0.723 bits per heavy atom. The van der Waals surface area contributed by atoms with Crippen LogP contribution in [0.3, 0.4) is 0 Å². The first-order valence-corrected chi connectivity index (χ1v) is 18.7. The number of unbranched alkanes of at least 4 members (excludes halogenated alkanes) is 13. The number of rotatable bonds is 29. The second kappa shape index (κ2) is 29.3. The number of ether oxygens (including phenoxy) is 2. The van der Waals surface area contributed by atoms with Gasteiger partial charge in [-0.2, -0.15) is 0 Å². The maximum absolute atomic E-state index is 12.8. The molecule has 1 amide bonds. The number of nitrogens with one attached hydrogen (secondary N) is 1. The van der Waals surface area contributed by atoms with Crippen molar-refractivity contribution in [2.75, 3.05) is 13.2 Å². The fourth-order valence-corrected chi connectivity index (χ4v) is 5.63. The highest BCUT2D eigenvalue weighted by atomic mass is 16.7. The van der Waals surface area contributed by atoms with Crippen LogP contribution in [0.4, 0.5) is 0 Å². The molecule has 1 aliphatic rings. The number of carbonyl (C=O) groups excluding carboxylic acids is 1. The largest absolute Gasteiger partial charge is 0.394 e. The molecule has 0 aromatic rings. The molecule has 0 aromatic carbocycles. The fourth-order valence-electron chi connectivity index (χ4n) is 5.63. The van der Waals surface area contributed by atoms with Crippen LogP contribution >= 0.6 is 0 Å². The maximum atomic E-state index is 12.8. The van der Waals surface area contributed by atoms with Crippen LogP contribution in [0.5, 0.6) is 0 Å². The third kappa shape index (κ3) is 21.2. The van der Waals surface area contributed by atoms with Gasteiger partial charge in [-0.1, -0.05) is 121 Å². The summed E-state index contributed by atoms with van der Waals surface area (Å²) in [4.78, 5) is 12.8. The van der Waals surface area contributed by atoms with Crippen molar-refractivity contribution in [2.24, 2.45) is 0 Å². The van der Waals surface area contributed by atoms with Crippen LogP contribution in [0.25, 0.3) is 0 Å². The predicted molar refractivity (Wildman–Crippen MR) is 189 cm³/mol. The van der Waals surface area contributed by atoms with Gasteiger partial charge in [0.1, 0.15) is 24.4 Å². The molecule has 0 aromatic heterocycles. The molecule has 6 N–H and O–H groups in total. The molecule has 1 aliphatic heterocycles. The van der Waals surface area contributed by atoms with Gasteiger partial charge >= 0.3 is 0 Å². The quantitative estimate of drug-likeness (QED) is 0.0411. The minimum atomic E-state index is -1.55. The number of hydrogen-bond donors (Lipinski definition) is 6. The van der Waals surface area contributed by atoms with Gasteiger partial charge in [0, 0.05) is 6.42 Å². The van der Waals surface area contributed by atoms with E-state index < -0.39 is 49.5 Å². The average molecular weight is 668 g/mol. The Hall–Kier alpha value is -1.59. The minimum absolute atomic E-state index is 0.147. The van der Waals surface area contributed by atoms with Gasteiger partial charge in [0.15, 0.2) is 6.29 Å². The predicted octanol–water partition coefficient (Wildman–Crippen LogP) is 6.16. The number of allylic oxidation sites excluding steroid dienone is 6. The highest BCUT2D eigenvalue weighted by Crippen LogP contribution is 2.22. The van der Waals surface area contributed by atoms with Crippen molar-refractivity contribution in [2.45, 2.75) is 185 Å². The lowest BCUT2D eigenvalue weighted by molar-refractivity contribution is -0.302. The van der Waals surface area contributed by atoms with E-state index in [4.69, 9.17) is 9.47 Å². The minimum Gasteiger partial charge on any atom is -0.394 e. The number of aliphatic hydroxyl groups excluding tert-OH is 5. The lowest BCUT2D eigenvalue weighted by Crippen LogP contribution is -2.60. The molecule has 1 fully saturated rings. The molecule has 0 spiro atoms. The van der Waals surface area contributed by atoms with E-state index in [1.807, 2.05) is 0 Å². The van der Waals surface area contributed by atoms with E-state index in [9.17, 15) is 30.3 Å². The van der Waals surface area contributed by atoms with E-state index in [0.717, 1.165) is 77.0 Å². The van der Waals surface area contributed by atoms with Crippen LogP contribution in [0, 0.1) is 0 Å². The van der Waals surface area contributed by atoms with Crippen LogP contribution in [-0.2, 0) is 14.3 Å². The Labute approximate surface area is 285 Å². The summed E-state index contributed by atoms with van der Waals surface area (Å²) in [5.41, 5.74) is 0. The van der Waals surface area contributed by atoms with Crippen molar-refractivity contribution in [1.82, 2.24) is 5.32 Å². The summed E-state index contributed by atoms with van der Waals surface area (Å²) >= 11 is 0. The molecule has 47 heavy (non-hydrogen) atoms. The van der Waals surface area contributed by atoms with Crippen LogP contribution in [0.2, 0.25) is 0 Å². The van der Waals surface area contributed by atoms with E-state index in [1.165, 1.54) is 38.5 Å². The van der Waals surface area contributed by atoms with Gasteiger partial charge < -0.3 is 40.3 Å². The zero-order valence-electron chi connectivity index (χ0n) is 29.5. The molecular weight excluding hydrogens is 598 g/mol. The number of carbonyl (C=O) groups is 1. The lowest BCUT2D eigenvalue weighted by Gasteiger charge is -2.40. The van der Waals surface area contributed by atoms with E-state index in [0.29, 0.717) is 12.8 Å². The normalized spacial score (nSPS) is 23.3. The van der Waals surface area contributed by atoms with Gasteiger partial charge in [0.05, 0.1) is 25.4 Å². The van der Waals surface area contributed by atoms with Crippen molar-refractivity contribution < 1.29 is 39.8 Å². The molecule has 1 heterocycles. The van der Waals surface area contributed by atoms with Crippen LogP contribution in [0.1, 0.15) is 142 Å². The van der Waals surface area contributed by atoms with E-state index in [1.54, 1.807) is 0 Å². The van der Waals surface area contributed by atoms with E-state index in [-0.39, 0.29) is 12.5 Å². The fraction of sp³-hybridized carbons (Fsp3) is 0.816. The monoisotopic (exact) mass is 668 g/mol. The van der Waals surface area contributed by atoms with Crippen molar-refractivity contribution in [3.8, 4) is 0 Å². The van der Waals surface area contributed by atoms with E-state index in [2.05, 4.69) is 55.6 Å². The Morgan fingerprint density at radius 3 is 1.89 bits per heavy atom. The smallest absolute Gasteiger partial charge is 0.220 e. The average Bonchev–Trinajstić information content (AvgIpc) is 3.07. The first kappa shape index (κ1) is 43.4. The van der Waals surface area contributed by atoms with Crippen molar-refractivity contribution in [3.63, 3.8) is 0 Å². The Bertz CT molecular complexity index is 833. The zero-order valence-corrected chi connectivity index (χ0v) is 29.5. The molecule has 1 saturated heterocycles. The summed E-state index contributed by atoms with van der Waals surface area (Å²) in [6.45, 7) is 3.67. The van der Waals surface area contributed by atoms with Crippen molar-refractivity contribution >= 4 is 5.91 Å². The van der Waals surface area contributed by atoms with Crippen LogP contribution < -0.4 is 5.32 Å². The summed E-state index contributed by atoms with van der Waals surface area (Å²) in [6.07, 6.45) is 26.2. The molecule has 274 valence electrons. The Kier molecular flexibility index (Phi) is 27.1. The SMILES string of the molecule is CCCCC/C=C\C/C=C\C/C=C\CCCCCCCCC(=O)NC(COC1OC(CO)C(O)C(O)C1O)C(O)CCCCCCC. The Balaban J connectivity index is 2.30. The summed E-state index contributed by atoms with van der Waals surface area (Å²) in [7, 11) is 0. The first-order chi connectivity index (χ1) is 22.8. The van der Waals surface area contributed by atoms with E-state index >= 15 is 0 Å². The molecular formula is C38H69NO8. The third-order valence-corrected chi connectivity index (χ3v) is 8.75. The molecule has 0 saturated carbocycles. The molecule has 7 unspecified atom stereocenters. The van der Waals surface area contributed by atoms with Gasteiger partial charge in [-0.3, -0.25) is 4.79 Å². The number of aliphatic hydroxyl groups is 5.